The molecule has 0 saturated heterocycles. The van der Waals surface area contributed by atoms with Crippen LogP contribution in [0.3, 0.4) is 0 Å². The lowest BCUT2D eigenvalue weighted by atomic mass is 9.80. The van der Waals surface area contributed by atoms with Crippen molar-refractivity contribution in [3.8, 4) is 0 Å². The minimum absolute atomic E-state index is 0.103. The molecule has 0 aliphatic heterocycles. The summed E-state index contributed by atoms with van der Waals surface area (Å²) in [6.45, 7) is 21.2. The van der Waals surface area contributed by atoms with Crippen LogP contribution in [0.2, 0.25) is 18.1 Å². The van der Waals surface area contributed by atoms with E-state index in [2.05, 4.69) is 54.3 Å². The molecule has 2 nitrogen and oxygen atoms in total. The van der Waals surface area contributed by atoms with Gasteiger partial charge in [-0.2, -0.15) is 0 Å². The molecule has 0 aromatic heterocycles. The Morgan fingerprint density at radius 3 is 1.94 bits per heavy atom. The van der Waals surface area contributed by atoms with Gasteiger partial charge in [0.2, 0.25) is 0 Å². The second-order valence-electron chi connectivity index (χ2n) is 7.28. The van der Waals surface area contributed by atoms with E-state index in [0.717, 1.165) is 6.42 Å². The highest BCUT2D eigenvalue weighted by Crippen LogP contribution is 2.41. The summed E-state index contributed by atoms with van der Waals surface area (Å²) in [5.41, 5.74) is -0.300. The van der Waals surface area contributed by atoms with E-state index in [-0.39, 0.29) is 22.7 Å². The van der Waals surface area contributed by atoms with Crippen molar-refractivity contribution >= 4 is 8.32 Å². The first kappa shape index (κ1) is 17.9. The maximum absolute atomic E-state index is 10.2. The Balaban J connectivity index is 5.09. The first-order chi connectivity index (χ1) is 7.90. The molecule has 1 unspecified atom stereocenters. The number of hydrogen-bond donors (Lipinski definition) is 1. The van der Waals surface area contributed by atoms with E-state index < -0.39 is 8.32 Å². The van der Waals surface area contributed by atoms with Crippen molar-refractivity contribution in [3.05, 3.63) is 12.7 Å². The topological polar surface area (TPSA) is 29.5 Å². The van der Waals surface area contributed by atoms with Crippen LogP contribution in [-0.2, 0) is 4.43 Å². The van der Waals surface area contributed by atoms with Gasteiger partial charge in [-0.25, -0.2) is 0 Å². The van der Waals surface area contributed by atoms with Gasteiger partial charge in [-0.3, -0.25) is 0 Å². The standard InChI is InChI=1S/C15H32O2Si/c1-10-12(16)15(6,7)13(11-2)17-18(8,9)14(3,4)5/h11-13,16H,2,10H2,1,3-9H3/t12?,13-/m0/s1. The molecule has 108 valence electrons. The van der Waals surface area contributed by atoms with Gasteiger partial charge < -0.3 is 9.53 Å². The first-order valence-electron chi connectivity index (χ1n) is 6.88. The molecule has 0 heterocycles. The molecule has 2 atom stereocenters. The maximum Gasteiger partial charge on any atom is 0.192 e. The van der Waals surface area contributed by atoms with Crippen LogP contribution >= 0.6 is 0 Å². The van der Waals surface area contributed by atoms with Crippen LogP contribution in [0.4, 0.5) is 0 Å². The summed E-state index contributed by atoms with van der Waals surface area (Å²) >= 11 is 0. The highest BCUT2D eigenvalue weighted by atomic mass is 28.4. The quantitative estimate of drug-likeness (QED) is 0.575. The minimum Gasteiger partial charge on any atom is -0.410 e. The smallest absolute Gasteiger partial charge is 0.192 e. The summed E-state index contributed by atoms with van der Waals surface area (Å²) in [7, 11) is -1.84. The van der Waals surface area contributed by atoms with Gasteiger partial charge >= 0.3 is 0 Å². The van der Waals surface area contributed by atoms with Crippen LogP contribution in [0.15, 0.2) is 12.7 Å². The van der Waals surface area contributed by atoms with Gasteiger partial charge in [-0.1, -0.05) is 47.6 Å². The Labute approximate surface area is 115 Å². The highest BCUT2D eigenvalue weighted by Gasteiger charge is 2.43. The third-order valence-electron chi connectivity index (χ3n) is 4.42. The first-order valence-corrected chi connectivity index (χ1v) is 9.79. The average molecular weight is 273 g/mol. The fourth-order valence-electron chi connectivity index (χ4n) is 1.71. The van der Waals surface area contributed by atoms with Crippen molar-refractivity contribution in [2.75, 3.05) is 0 Å². The molecular weight excluding hydrogens is 240 g/mol. The SMILES string of the molecule is C=C[C@H](O[Si](C)(C)C(C)(C)C)C(C)(C)C(O)CC. The molecule has 1 N–H and O–H groups in total. The third-order valence-corrected chi connectivity index (χ3v) is 8.88. The van der Waals surface area contributed by atoms with Crippen LogP contribution < -0.4 is 0 Å². The second-order valence-corrected chi connectivity index (χ2v) is 12.0. The maximum atomic E-state index is 10.2. The van der Waals surface area contributed by atoms with Crippen molar-refractivity contribution < 1.29 is 9.53 Å². The molecule has 0 aromatic rings. The van der Waals surface area contributed by atoms with Gasteiger partial charge in [0.05, 0.1) is 12.2 Å². The number of aliphatic hydroxyl groups excluding tert-OH is 1. The lowest BCUT2D eigenvalue weighted by Crippen LogP contribution is -2.50. The number of aliphatic hydroxyl groups is 1. The van der Waals surface area contributed by atoms with Crippen molar-refractivity contribution in [2.24, 2.45) is 5.41 Å². The Morgan fingerprint density at radius 2 is 1.67 bits per heavy atom. The second kappa shape index (κ2) is 5.89. The van der Waals surface area contributed by atoms with E-state index in [9.17, 15) is 5.11 Å². The monoisotopic (exact) mass is 272 g/mol. The Morgan fingerprint density at radius 1 is 1.22 bits per heavy atom. The van der Waals surface area contributed by atoms with Crippen molar-refractivity contribution in [1.82, 2.24) is 0 Å². The van der Waals surface area contributed by atoms with Crippen molar-refractivity contribution in [3.63, 3.8) is 0 Å². The molecule has 3 heteroatoms. The Kier molecular flexibility index (Phi) is 5.85. The van der Waals surface area contributed by atoms with Gasteiger partial charge in [0.15, 0.2) is 8.32 Å². The van der Waals surface area contributed by atoms with Crippen LogP contribution in [-0.4, -0.2) is 25.6 Å². The van der Waals surface area contributed by atoms with Crippen LogP contribution in [0.25, 0.3) is 0 Å². The summed E-state index contributed by atoms with van der Waals surface area (Å²) in [6, 6.07) is 0. The molecule has 0 aromatic carbocycles. The fourth-order valence-corrected chi connectivity index (χ4v) is 3.10. The summed E-state index contributed by atoms with van der Waals surface area (Å²) in [4.78, 5) is 0. The third kappa shape index (κ3) is 3.94. The number of hydrogen-bond acceptors (Lipinski definition) is 2. The summed E-state index contributed by atoms with van der Waals surface area (Å²) in [6.07, 6.45) is 2.11. The normalized spacial score (nSPS) is 17.4. The van der Waals surface area contributed by atoms with Crippen molar-refractivity contribution in [1.29, 1.82) is 0 Å². The summed E-state index contributed by atoms with van der Waals surface area (Å²) in [5.74, 6) is 0. The summed E-state index contributed by atoms with van der Waals surface area (Å²) < 4.78 is 6.40. The fraction of sp³-hybridized carbons (Fsp3) is 0.867. The average Bonchev–Trinajstić information content (AvgIpc) is 2.22. The minimum atomic E-state index is -1.84. The molecule has 0 aliphatic rings. The van der Waals surface area contributed by atoms with Gasteiger partial charge in [-0.05, 0) is 24.6 Å². The molecule has 0 aliphatic carbocycles. The lowest BCUT2D eigenvalue weighted by molar-refractivity contribution is -0.0214. The van der Waals surface area contributed by atoms with E-state index in [4.69, 9.17) is 4.43 Å². The zero-order valence-electron chi connectivity index (χ0n) is 13.5. The van der Waals surface area contributed by atoms with E-state index in [1.165, 1.54) is 0 Å². The number of rotatable bonds is 6. The molecule has 0 saturated carbocycles. The zero-order valence-corrected chi connectivity index (χ0v) is 14.5. The van der Waals surface area contributed by atoms with Gasteiger partial charge in [0.25, 0.3) is 0 Å². The van der Waals surface area contributed by atoms with E-state index in [0.29, 0.717) is 0 Å². The van der Waals surface area contributed by atoms with Crippen LogP contribution in [0, 0.1) is 5.41 Å². The van der Waals surface area contributed by atoms with Crippen molar-refractivity contribution in [2.45, 2.75) is 78.3 Å². The molecule has 0 rings (SSSR count). The predicted molar refractivity (Wildman–Crippen MR) is 82.3 cm³/mol. The molecule has 0 bridgehead atoms. The molecule has 18 heavy (non-hydrogen) atoms. The van der Waals surface area contributed by atoms with Gasteiger partial charge in [-0.15, -0.1) is 6.58 Å². The highest BCUT2D eigenvalue weighted by molar-refractivity contribution is 6.74. The molecule has 0 radical (unpaired) electrons. The van der Waals surface area contributed by atoms with Gasteiger partial charge in [0.1, 0.15) is 0 Å². The Hall–Kier alpha value is -0.123. The molecule has 0 spiro atoms. The van der Waals surface area contributed by atoms with E-state index in [1.54, 1.807) is 0 Å². The summed E-state index contributed by atoms with van der Waals surface area (Å²) in [5, 5.41) is 10.3. The lowest BCUT2D eigenvalue weighted by Gasteiger charge is -2.44. The Bertz CT molecular complexity index is 277. The van der Waals surface area contributed by atoms with E-state index >= 15 is 0 Å². The molecule has 0 fully saturated rings. The van der Waals surface area contributed by atoms with Gasteiger partial charge in [0, 0.05) is 5.41 Å². The van der Waals surface area contributed by atoms with Crippen LogP contribution in [0.5, 0.6) is 0 Å². The van der Waals surface area contributed by atoms with E-state index in [1.807, 2.05) is 13.0 Å². The largest absolute Gasteiger partial charge is 0.410 e. The zero-order chi connectivity index (χ0) is 14.8. The predicted octanol–water partition coefficient (Wildman–Crippen LogP) is 4.36. The van der Waals surface area contributed by atoms with Crippen LogP contribution in [0.1, 0.15) is 48.0 Å². The molecule has 0 amide bonds. The molecular formula is C15H32O2Si.